The van der Waals surface area contributed by atoms with Gasteiger partial charge in [0, 0.05) is 18.0 Å². The van der Waals surface area contributed by atoms with Crippen LogP contribution >= 0.6 is 0 Å². The Morgan fingerprint density at radius 3 is 2.65 bits per heavy atom. The smallest absolute Gasteiger partial charge is 0.296 e. The lowest BCUT2D eigenvalue weighted by Crippen LogP contribution is -2.24. The van der Waals surface area contributed by atoms with Gasteiger partial charge >= 0.3 is 0 Å². The Bertz CT molecular complexity index is 621. The molecule has 5 nitrogen and oxygen atoms in total. The van der Waals surface area contributed by atoms with E-state index in [9.17, 15) is 4.79 Å². The molecule has 1 aromatic heterocycles. The summed E-state index contributed by atoms with van der Waals surface area (Å²) in [5, 5.41) is 1.03. The highest BCUT2D eigenvalue weighted by atomic mass is 16.1. The predicted molar refractivity (Wildman–Crippen MR) is 67.8 cm³/mol. The molecule has 0 unspecified atom stereocenters. The quantitative estimate of drug-likeness (QED) is 0.563. The lowest BCUT2D eigenvalue weighted by molar-refractivity contribution is 0.0995. The Morgan fingerprint density at radius 2 is 2.06 bits per heavy atom. The van der Waals surface area contributed by atoms with E-state index in [0.717, 1.165) is 16.5 Å². The van der Waals surface area contributed by atoms with E-state index >= 15 is 0 Å². The SMILES string of the molecule is Cc1cccc2c1cc(C(=O)N=C(N)N)n2C. The summed E-state index contributed by atoms with van der Waals surface area (Å²) in [4.78, 5) is 15.3. The first-order chi connectivity index (χ1) is 8.00. The van der Waals surface area contributed by atoms with Gasteiger partial charge in [-0.2, -0.15) is 4.99 Å². The number of nitrogens with zero attached hydrogens (tertiary/aromatic N) is 2. The second kappa shape index (κ2) is 3.93. The maximum absolute atomic E-state index is 11.8. The van der Waals surface area contributed by atoms with Gasteiger partial charge in [-0.25, -0.2) is 0 Å². The lowest BCUT2D eigenvalue weighted by Gasteiger charge is -2.00. The average molecular weight is 230 g/mol. The number of amides is 1. The van der Waals surface area contributed by atoms with E-state index in [1.54, 1.807) is 10.6 Å². The van der Waals surface area contributed by atoms with Crippen LogP contribution < -0.4 is 11.5 Å². The van der Waals surface area contributed by atoms with Gasteiger partial charge in [0.25, 0.3) is 5.91 Å². The van der Waals surface area contributed by atoms with Crippen LogP contribution in [-0.2, 0) is 7.05 Å². The highest BCUT2D eigenvalue weighted by molar-refractivity contribution is 6.04. The largest absolute Gasteiger partial charge is 0.370 e. The van der Waals surface area contributed by atoms with E-state index < -0.39 is 5.91 Å². The van der Waals surface area contributed by atoms with Crippen molar-refractivity contribution in [2.45, 2.75) is 6.92 Å². The summed E-state index contributed by atoms with van der Waals surface area (Å²) in [7, 11) is 1.82. The minimum absolute atomic E-state index is 0.225. The van der Waals surface area contributed by atoms with Gasteiger partial charge in [-0.15, -0.1) is 0 Å². The summed E-state index contributed by atoms with van der Waals surface area (Å²) in [6, 6.07) is 7.71. The molecule has 2 rings (SSSR count). The molecule has 0 saturated carbocycles. The minimum Gasteiger partial charge on any atom is -0.370 e. The molecule has 0 spiro atoms. The van der Waals surface area contributed by atoms with Crippen molar-refractivity contribution in [1.82, 2.24) is 4.57 Å². The van der Waals surface area contributed by atoms with Gasteiger partial charge in [0.1, 0.15) is 5.69 Å². The topological polar surface area (TPSA) is 86.4 Å². The first-order valence-electron chi connectivity index (χ1n) is 5.19. The third-order valence-corrected chi connectivity index (χ3v) is 2.75. The van der Waals surface area contributed by atoms with Crippen molar-refractivity contribution < 1.29 is 4.79 Å². The number of aromatic nitrogens is 1. The third-order valence-electron chi connectivity index (χ3n) is 2.75. The van der Waals surface area contributed by atoms with Gasteiger partial charge < -0.3 is 16.0 Å². The zero-order valence-corrected chi connectivity index (χ0v) is 9.77. The molecule has 0 fully saturated rings. The van der Waals surface area contributed by atoms with E-state index in [4.69, 9.17) is 11.5 Å². The van der Waals surface area contributed by atoms with Crippen LogP contribution in [-0.4, -0.2) is 16.4 Å². The molecule has 0 radical (unpaired) electrons. The van der Waals surface area contributed by atoms with Gasteiger partial charge in [0.05, 0.1) is 0 Å². The maximum atomic E-state index is 11.8. The number of fused-ring (bicyclic) bond motifs is 1. The molecular formula is C12H14N4O. The lowest BCUT2D eigenvalue weighted by atomic mass is 10.1. The summed E-state index contributed by atoms with van der Waals surface area (Å²) in [5.41, 5.74) is 13.0. The van der Waals surface area contributed by atoms with E-state index in [2.05, 4.69) is 4.99 Å². The second-order valence-corrected chi connectivity index (χ2v) is 3.94. The van der Waals surface area contributed by atoms with Crippen molar-refractivity contribution in [2.24, 2.45) is 23.5 Å². The number of aliphatic imine (C=N–C) groups is 1. The number of carbonyl (C=O) groups is 1. The fourth-order valence-electron chi connectivity index (χ4n) is 1.89. The van der Waals surface area contributed by atoms with Crippen molar-refractivity contribution in [3.05, 3.63) is 35.5 Å². The van der Waals surface area contributed by atoms with Crippen LogP contribution in [0, 0.1) is 6.92 Å². The van der Waals surface area contributed by atoms with Gasteiger partial charge in [-0.3, -0.25) is 4.79 Å². The van der Waals surface area contributed by atoms with Crippen molar-refractivity contribution in [2.75, 3.05) is 0 Å². The molecule has 0 atom stereocenters. The second-order valence-electron chi connectivity index (χ2n) is 3.94. The molecular weight excluding hydrogens is 216 g/mol. The molecule has 88 valence electrons. The monoisotopic (exact) mass is 230 g/mol. The van der Waals surface area contributed by atoms with Crippen LogP contribution in [0.1, 0.15) is 16.1 Å². The van der Waals surface area contributed by atoms with Crippen molar-refractivity contribution in [3.8, 4) is 0 Å². The van der Waals surface area contributed by atoms with Crippen molar-refractivity contribution in [3.63, 3.8) is 0 Å². The fraction of sp³-hybridized carbons (Fsp3) is 0.167. The van der Waals surface area contributed by atoms with Gasteiger partial charge in [0.2, 0.25) is 0 Å². The molecule has 1 aromatic carbocycles. The van der Waals surface area contributed by atoms with Crippen LogP contribution in [0.25, 0.3) is 10.9 Å². The van der Waals surface area contributed by atoms with Gasteiger partial charge in [0.15, 0.2) is 5.96 Å². The first kappa shape index (κ1) is 11.2. The standard InChI is InChI=1S/C12H14N4O/c1-7-4-3-5-9-8(7)6-10(16(9)2)11(17)15-12(13)14/h3-6H,1-2H3,(H4,13,14,15,17). The summed E-state index contributed by atoms with van der Waals surface area (Å²) in [6.45, 7) is 2.00. The first-order valence-corrected chi connectivity index (χ1v) is 5.19. The number of hydrogen-bond donors (Lipinski definition) is 2. The Morgan fingerprint density at radius 1 is 1.35 bits per heavy atom. The zero-order valence-electron chi connectivity index (χ0n) is 9.77. The van der Waals surface area contributed by atoms with Gasteiger partial charge in [-0.1, -0.05) is 12.1 Å². The highest BCUT2D eigenvalue weighted by Gasteiger charge is 2.13. The summed E-state index contributed by atoms with van der Waals surface area (Å²) in [5.74, 6) is -0.653. The molecule has 1 heterocycles. The van der Waals surface area contributed by atoms with Crippen LogP contribution in [0.3, 0.4) is 0 Å². The molecule has 4 N–H and O–H groups in total. The number of guanidine groups is 1. The number of benzene rings is 1. The maximum Gasteiger partial charge on any atom is 0.296 e. The number of rotatable bonds is 1. The predicted octanol–water partition coefficient (Wildman–Crippen LogP) is 0.900. The molecule has 0 saturated heterocycles. The number of hydrogen-bond acceptors (Lipinski definition) is 1. The molecule has 0 aliphatic carbocycles. The van der Waals surface area contributed by atoms with Crippen LogP contribution in [0.4, 0.5) is 0 Å². The van der Waals surface area contributed by atoms with Crippen molar-refractivity contribution >= 4 is 22.8 Å². The Kier molecular flexibility index (Phi) is 2.59. The molecule has 0 bridgehead atoms. The highest BCUT2D eigenvalue weighted by Crippen LogP contribution is 2.22. The third kappa shape index (κ3) is 1.87. The summed E-state index contributed by atoms with van der Waals surface area (Å²) < 4.78 is 1.79. The summed E-state index contributed by atoms with van der Waals surface area (Å²) in [6.07, 6.45) is 0. The molecule has 2 aromatic rings. The van der Waals surface area contributed by atoms with E-state index in [1.807, 2.05) is 32.2 Å². The summed E-state index contributed by atoms with van der Waals surface area (Å²) >= 11 is 0. The molecule has 0 aliphatic rings. The fourth-order valence-corrected chi connectivity index (χ4v) is 1.89. The molecule has 17 heavy (non-hydrogen) atoms. The average Bonchev–Trinajstić information content (AvgIpc) is 2.57. The zero-order chi connectivity index (χ0) is 12.6. The number of nitrogens with two attached hydrogens (primary N) is 2. The Balaban J connectivity index is 2.64. The molecule has 5 heteroatoms. The van der Waals surface area contributed by atoms with Crippen LogP contribution in [0.15, 0.2) is 29.3 Å². The van der Waals surface area contributed by atoms with E-state index in [0.29, 0.717) is 5.69 Å². The van der Waals surface area contributed by atoms with E-state index in [1.165, 1.54) is 0 Å². The number of carbonyl (C=O) groups excluding carboxylic acids is 1. The molecule has 0 aliphatic heterocycles. The van der Waals surface area contributed by atoms with Crippen molar-refractivity contribution in [1.29, 1.82) is 0 Å². The normalized spacial score (nSPS) is 10.5. The minimum atomic E-state index is -0.428. The van der Waals surface area contributed by atoms with E-state index in [-0.39, 0.29) is 5.96 Å². The Labute approximate surface area is 98.7 Å². The Hall–Kier alpha value is -2.30. The molecule has 1 amide bonds. The number of aryl methyl sites for hydroxylation is 2. The van der Waals surface area contributed by atoms with Crippen LogP contribution in [0.5, 0.6) is 0 Å². The van der Waals surface area contributed by atoms with Crippen LogP contribution in [0.2, 0.25) is 0 Å². The van der Waals surface area contributed by atoms with Gasteiger partial charge in [-0.05, 0) is 24.6 Å².